The molecule has 1 aromatic rings. The second-order valence-electron chi connectivity index (χ2n) is 10.9. The average molecular weight is 460 g/mol. The number of nitrogens with zero attached hydrogens (tertiary/aromatic N) is 1. The minimum absolute atomic E-state index is 0.165. The number of allylic oxidation sites excluding steroid dienone is 1. The number of aliphatic hydroxyl groups excluding tert-OH is 1. The predicted molar refractivity (Wildman–Crippen MR) is 127 cm³/mol. The third-order valence-electron chi connectivity index (χ3n) is 7.05. The first-order chi connectivity index (χ1) is 15.3. The van der Waals surface area contributed by atoms with Crippen LogP contribution < -0.4 is 0 Å². The van der Waals surface area contributed by atoms with Crippen LogP contribution in [0.3, 0.4) is 0 Å². The predicted octanol–water partition coefficient (Wildman–Crippen LogP) is 5.57. The summed E-state index contributed by atoms with van der Waals surface area (Å²) >= 11 is 0. The van der Waals surface area contributed by atoms with Crippen molar-refractivity contribution in [1.29, 1.82) is 0 Å². The van der Waals surface area contributed by atoms with Crippen LogP contribution in [0.2, 0.25) is 0 Å². The van der Waals surface area contributed by atoms with Crippen LogP contribution in [-0.2, 0) is 14.9 Å². The summed E-state index contributed by atoms with van der Waals surface area (Å²) in [5, 5.41) is 9.81. The van der Waals surface area contributed by atoms with Crippen LogP contribution in [0.4, 0.5) is 9.18 Å². The normalized spacial score (nSPS) is 23.2. The first-order valence-corrected chi connectivity index (χ1v) is 12.0. The highest BCUT2D eigenvalue weighted by Gasteiger charge is 2.46. The number of aryl methyl sites for hydroxylation is 1. The molecule has 0 bridgehead atoms. The molecule has 1 amide bonds. The number of ketones is 1. The van der Waals surface area contributed by atoms with E-state index in [1.165, 1.54) is 0 Å². The van der Waals surface area contributed by atoms with Crippen molar-refractivity contribution >= 4 is 11.9 Å². The standard InChI is InChI=1S/C27H38FNO4/c1-17(2)24(31)27(11-13-29(14-12-27)25(32)33-26(4,5)6)23-18(3)15-20(16-22(23)28)19-7-9-21(30)10-8-19/h15-16,19,21,30H,1,7-14H2,2-6H3. The van der Waals surface area contributed by atoms with Crippen molar-refractivity contribution in [3.05, 3.63) is 46.8 Å². The van der Waals surface area contributed by atoms with Gasteiger partial charge < -0.3 is 14.7 Å². The summed E-state index contributed by atoms with van der Waals surface area (Å²) in [7, 11) is 0. The van der Waals surface area contributed by atoms with Crippen LogP contribution in [0.25, 0.3) is 0 Å². The summed E-state index contributed by atoms with van der Waals surface area (Å²) in [5.74, 6) is -0.309. The molecule has 5 nitrogen and oxygen atoms in total. The van der Waals surface area contributed by atoms with Gasteiger partial charge in [-0.3, -0.25) is 4.79 Å². The van der Waals surface area contributed by atoms with Crippen molar-refractivity contribution < 1.29 is 23.8 Å². The van der Waals surface area contributed by atoms with Crippen molar-refractivity contribution in [2.75, 3.05) is 13.1 Å². The van der Waals surface area contributed by atoms with Crippen LogP contribution >= 0.6 is 0 Å². The quantitative estimate of drug-likeness (QED) is 0.598. The highest BCUT2D eigenvalue weighted by atomic mass is 19.1. The SMILES string of the molecule is C=C(C)C(=O)C1(c2c(C)cc(C3CCC(O)CC3)cc2F)CCN(C(=O)OC(C)(C)C)CC1. The molecule has 33 heavy (non-hydrogen) atoms. The van der Waals surface area contributed by atoms with Crippen LogP contribution in [0, 0.1) is 12.7 Å². The Morgan fingerprint density at radius 2 is 1.73 bits per heavy atom. The van der Waals surface area contributed by atoms with Gasteiger partial charge in [0.25, 0.3) is 0 Å². The molecule has 0 atom stereocenters. The van der Waals surface area contributed by atoms with Crippen LogP contribution in [0.1, 0.15) is 88.8 Å². The number of hydrogen-bond donors (Lipinski definition) is 1. The zero-order valence-electron chi connectivity index (χ0n) is 20.7. The van der Waals surface area contributed by atoms with Gasteiger partial charge in [0.2, 0.25) is 0 Å². The fourth-order valence-electron chi connectivity index (χ4n) is 5.42. The largest absolute Gasteiger partial charge is 0.444 e. The number of halogens is 1. The number of carbonyl (C=O) groups excluding carboxylic acids is 2. The lowest BCUT2D eigenvalue weighted by atomic mass is 9.66. The molecule has 0 radical (unpaired) electrons. The van der Waals surface area contributed by atoms with E-state index in [9.17, 15) is 14.7 Å². The van der Waals surface area contributed by atoms with Crippen molar-refractivity contribution in [2.45, 2.75) is 96.2 Å². The number of Topliss-reactive ketones (excluding diaryl/α,β-unsaturated/α-hetero) is 1. The molecule has 0 spiro atoms. The fourth-order valence-corrected chi connectivity index (χ4v) is 5.42. The number of rotatable bonds is 4. The molecular formula is C27H38FNO4. The van der Waals surface area contributed by atoms with E-state index >= 15 is 4.39 Å². The molecule has 182 valence electrons. The van der Waals surface area contributed by atoms with E-state index < -0.39 is 17.1 Å². The lowest BCUT2D eigenvalue weighted by molar-refractivity contribution is -0.122. The molecule has 1 saturated carbocycles. The smallest absolute Gasteiger partial charge is 0.410 e. The Bertz CT molecular complexity index is 894. The maximum atomic E-state index is 15.7. The second-order valence-corrected chi connectivity index (χ2v) is 10.9. The van der Waals surface area contributed by atoms with E-state index in [2.05, 4.69) is 6.58 Å². The Kier molecular flexibility index (Phi) is 7.37. The maximum Gasteiger partial charge on any atom is 0.410 e. The first-order valence-electron chi connectivity index (χ1n) is 12.0. The van der Waals surface area contributed by atoms with Gasteiger partial charge in [0.05, 0.1) is 11.5 Å². The summed E-state index contributed by atoms with van der Waals surface area (Å²) in [6.07, 6.45) is 3.09. The number of hydrogen-bond acceptors (Lipinski definition) is 4. The molecule has 1 N–H and O–H groups in total. The van der Waals surface area contributed by atoms with E-state index in [1.54, 1.807) is 17.9 Å². The van der Waals surface area contributed by atoms with Crippen LogP contribution in [-0.4, -0.2) is 46.7 Å². The zero-order valence-corrected chi connectivity index (χ0v) is 20.7. The molecule has 2 fully saturated rings. The van der Waals surface area contributed by atoms with Gasteiger partial charge in [0.15, 0.2) is 5.78 Å². The summed E-state index contributed by atoms with van der Waals surface area (Å²) in [4.78, 5) is 27.6. The summed E-state index contributed by atoms with van der Waals surface area (Å²) in [6.45, 7) is 13.5. The topological polar surface area (TPSA) is 66.8 Å². The van der Waals surface area contributed by atoms with E-state index in [1.807, 2.05) is 33.8 Å². The van der Waals surface area contributed by atoms with Gasteiger partial charge in [-0.25, -0.2) is 9.18 Å². The number of amides is 1. The Morgan fingerprint density at radius 3 is 2.21 bits per heavy atom. The highest BCUT2D eigenvalue weighted by Crippen LogP contribution is 2.43. The second kappa shape index (κ2) is 9.57. The molecular weight excluding hydrogens is 421 g/mol. The number of aliphatic hydroxyl groups is 1. The average Bonchev–Trinajstić information content (AvgIpc) is 2.72. The molecule has 6 heteroatoms. The van der Waals surface area contributed by atoms with E-state index in [4.69, 9.17) is 4.74 Å². The van der Waals surface area contributed by atoms with Gasteiger partial charge in [0, 0.05) is 18.7 Å². The third-order valence-corrected chi connectivity index (χ3v) is 7.05. The number of likely N-dealkylation sites (tertiary alicyclic amines) is 1. The van der Waals surface area contributed by atoms with E-state index in [0.29, 0.717) is 37.1 Å². The number of benzene rings is 1. The van der Waals surface area contributed by atoms with Crippen molar-refractivity contribution in [2.24, 2.45) is 0 Å². The minimum Gasteiger partial charge on any atom is -0.444 e. The minimum atomic E-state index is -1.04. The molecule has 0 aromatic heterocycles. The maximum absolute atomic E-state index is 15.7. The third kappa shape index (κ3) is 5.48. The van der Waals surface area contributed by atoms with Gasteiger partial charge in [0.1, 0.15) is 11.4 Å². The Hall–Kier alpha value is -2.21. The zero-order chi connectivity index (χ0) is 24.6. The monoisotopic (exact) mass is 459 g/mol. The van der Waals surface area contributed by atoms with Gasteiger partial charge >= 0.3 is 6.09 Å². The molecule has 1 aromatic carbocycles. The molecule has 1 heterocycles. The van der Waals surface area contributed by atoms with Crippen molar-refractivity contribution in [3.63, 3.8) is 0 Å². The highest BCUT2D eigenvalue weighted by molar-refractivity contribution is 6.03. The van der Waals surface area contributed by atoms with E-state index in [-0.39, 0.29) is 23.6 Å². The van der Waals surface area contributed by atoms with Crippen molar-refractivity contribution in [3.8, 4) is 0 Å². The fraction of sp³-hybridized carbons (Fsp3) is 0.630. The number of carbonyl (C=O) groups is 2. The van der Waals surface area contributed by atoms with E-state index in [0.717, 1.165) is 36.8 Å². The summed E-state index contributed by atoms with van der Waals surface area (Å²) < 4.78 is 21.2. The van der Waals surface area contributed by atoms with Gasteiger partial charge in [-0.2, -0.15) is 0 Å². The molecule has 1 saturated heterocycles. The van der Waals surface area contributed by atoms with Crippen LogP contribution in [0.15, 0.2) is 24.3 Å². The molecule has 2 aliphatic rings. The van der Waals surface area contributed by atoms with Crippen LogP contribution in [0.5, 0.6) is 0 Å². The first kappa shape index (κ1) is 25.4. The molecule has 0 unspecified atom stereocenters. The summed E-state index contributed by atoms with van der Waals surface area (Å²) in [6, 6.07) is 3.59. The summed E-state index contributed by atoms with van der Waals surface area (Å²) in [5.41, 5.74) is 0.872. The van der Waals surface area contributed by atoms with Gasteiger partial charge in [-0.15, -0.1) is 0 Å². The Labute approximate surface area is 197 Å². The van der Waals surface area contributed by atoms with Gasteiger partial charge in [-0.05, 0) is 102 Å². The lowest BCUT2D eigenvalue weighted by Crippen LogP contribution is -2.51. The number of ether oxygens (including phenoxy) is 1. The Balaban J connectivity index is 1.91. The number of piperidine rings is 1. The van der Waals surface area contributed by atoms with Gasteiger partial charge in [-0.1, -0.05) is 12.6 Å². The van der Waals surface area contributed by atoms with Crippen molar-refractivity contribution in [1.82, 2.24) is 4.90 Å². The Morgan fingerprint density at radius 1 is 1.15 bits per heavy atom. The molecule has 1 aliphatic carbocycles. The molecule has 1 aliphatic heterocycles. The lowest BCUT2D eigenvalue weighted by Gasteiger charge is -2.42. The molecule has 3 rings (SSSR count).